The summed E-state index contributed by atoms with van der Waals surface area (Å²) >= 11 is 9.41. The van der Waals surface area contributed by atoms with Crippen molar-refractivity contribution in [1.82, 2.24) is 15.0 Å². The monoisotopic (exact) mass is 378 g/mol. The van der Waals surface area contributed by atoms with Crippen LogP contribution in [0.5, 0.6) is 0 Å². The average molecular weight is 380 g/mol. The van der Waals surface area contributed by atoms with Gasteiger partial charge in [-0.05, 0) is 46.3 Å². The number of hydrazine groups is 1. The minimum atomic E-state index is 0.312. The maximum Gasteiger partial charge on any atom is 0.239 e. The molecule has 0 aliphatic rings. The van der Waals surface area contributed by atoms with E-state index in [1.807, 2.05) is 36.2 Å². The lowest BCUT2D eigenvalue weighted by Gasteiger charge is -2.19. The van der Waals surface area contributed by atoms with E-state index >= 15 is 0 Å². The number of nitrogens with one attached hydrogen (secondary N) is 1. The second-order valence-corrected chi connectivity index (χ2v) is 5.80. The number of fused-ring (bicyclic) bond motifs is 1. The molecule has 0 aliphatic carbocycles. The topological polar surface area (TPSA) is 80.0 Å². The number of nitrogens with zero attached hydrogens (tertiary/aromatic N) is 4. The third-order valence-corrected chi connectivity index (χ3v) is 3.81. The number of hydrogen-bond acceptors (Lipinski definition) is 6. The van der Waals surface area contributed by atoms with E-state index in [1.54, 1.807) is 12.1 Å². The molecule has 0 saturated heterocycles. The zero-order valence-corrected chi connectivity index (χ0v) is 13.9. The van der Waals surface area contributed by atoms with Crippen LogP contribution >= 0.6 is 27.5 Å². The van der Waals surface area contributed by atoms with Crippen LogP contribution in [-0.4, -0.2) is 22.0 Å². The number of halogens is 2. The molecular formula is C14H12BrClN6. The lowest BCUT2D eigenvalue weighted by molar-refractivity contribution is 1.05. The molecular weight excluding hydrogens is 368 g/mol. The van der Waals surface area contributed by atoms with Crippen molar-refractivity contribution in [3.8, 4) is 0 Å². The molecule has 3 N–H and O–H groups in total. The molecule has 2 heterocycles. The van der Waals surface area contributed by atoms with Gasteiger partial charge >= 0.3 is 0 Å². The van der Waals surface area contributed by atoms with Crippen LogP contribution in [0.3, 0.4) is 0 Å². The van der Waals surface area contributed by atoms with Crippen molar-refractivity contribution in [1.29, 1.82) is 0 Å². The van der Waals surface area contributed by atoms with Gasteiger partial charge in [0.05, 0.1) is 5.52 Å². The molecule has 0 radical (unpaired) electrons. The normalized spacial score (nSPS) is 10.7. The first-order chi connectivity index (χ1) is 10.6. The highest BCUT2D eigenvalue weighted by atomic mass is 79.9. The first-order valence-electron chi connectivity index (χ1n) is 6.38. The van der Waals surface area contributed by atoms with Gasteiger partial charge in [-0.25, -0.2) is 15.8 Å². The van der Waals surface area contributed by atoms with Gasteiger partial charge in [0.2, 0.25) is 5.95 Å². The Balaban J connectivity index is 2.20. The summed E-state index contributed by atoms with van der Waals surface area (Å²) < 4.78 is 0.746. The second-order valence-electron chi connectivity index (χ2n) is 4.55. The minimum Gasteiger partial charge on any atom is -0.313 e. The Morgan fingerprint density at radius 1 is 1.18 bits per heavy atom. The second kappa shape index (κ2) is 6.04. The predicted octanol–water partition coefficient (Wildman–Crippen LogP) is 3.49. The highest BCUT2D eigenvalue weighted by Gasteiger charge is 2.14. The maximum atomic E-state index is 6.04. The summed E-state index contributed by atoms with van der Waals surface area (Å²) in [5.74, 6) is 7.20. The van der Waals surface area contributed by atoms with Crippen LogP contribution in [0.2, 0.25) is 5.02 Å². The molecule has 0 atom stereocenters. The maximum absolute atomic E-state index is 6.04. The Labute approximate surface area is 140 Å². The van der Waals surface area contributed by atoms with E-state index in [1.165, 1.54) is 0 Å². The molecule has 0 saturated carbocycles. The molecule has 1 aromatic carbocycles. The van der Waals surface area contributed by atoms with E-state index in [0.717, 1.165) is 15.8 Å². The van der Waals surface area contributed by atoms with E-state index in [4.69, 9.17) is 17.4 Å². The quantitative estimate of drug-likeness (QED) is 0.412. The van der Waals surface area contributed by atoms with Gasteiger partial charge in [0.15, 0.2) is 0 Å². The van der Waals surface area contributed by atoms with Crippen molar-refractivity contribution in [2.24, 2.45) is 5.84 Å². The van der Waals surface area contributed by atoms with Gasteiger partial charge in [-0.2, -0.15) is 4.98 Å². The number of nitrogen functional groups attached to an aromatic ring is 1. The summed E-state index contributed by atoms with van der Waals surface area (Å²) in [6, 6.07) is 11.1. The van der Waals surface area contributed by atoms with Crippen LogP contribution < -0.4 is 16.2 Å². The molecule has 2 aromatic heterocycles. The summed E-state index contributed by atoms with van der Waals surface area (Å²) in [4.78, 5) is 15.1. The minimum absolute atomic E-state index is 0.312. The van der Waals surface area contributed by atoms with Crippen molar-refractivity contribution in [2.75, 3.05) is 17.4 Å². The van der Waals surface area contributed by atoms with Crippen LogP contribution in [0, 0.1) is 0 Å². The number of pyridine rings is 1. The molecule has 3 aromatic rings. The largest absolute Gasteiger partial charge is 0.313 e. The van der Waals surface area contributed by atoms with Gasteiger partial charge in [-0.3, -0.25) is 5.43 Å². The van der Waals surface area contributed by atoms with Crippen LogP contribution in [0.15, 0.2) is 41.0 Å². The van der Waals surface area contributed by atoms with Gasteiger partial charge in [0.25, 0.3) is 0 Å². The van der Waals surface area contributed by atoms with Gasteiger partial charge < -0.3 is 4.90 Å². The summed E-state index contributed by atoms with van der Waals surface area (Å²) in [6.45, 7) is 0. The van der Waals surface area contributed by atoms with Gasteiger partial charge in [-0.1, -0.05) is 17.7 Å². The van der Waals surface area contributed by atoms with Gasteiger partial charge in [-0.15, -0.1) is 0 Å². The Morgan fingerprint density at radius 3 is 2.73 bits per heavy atom. The Hall–Kier alpha value is -1.96. The van der Waals surface area contributed by atoms with E-state index in [9.17, 15) is 0 Å². The molecule has 6 nitrogen and oxygen atoms in total. The molecule has 0 spiro atoms. The fourth-order valence-electron chi connectivity index (χ4n) is 2.10. The van der Waals surface area contributed by atoms with Crippen LogP contribution in [0.4, 0.5) is 17.6 Å². The van der Waals surface area contributed by atoms with E-state index in [-0.39, 0.29) is 0 Å². The molecule has 0 aliphatic heterocycles. The van der Waals surface area contributed by atoms with E-state index in [0.29, 0.717) is 22.3 Å². The number of anilines is 3. The summed E-state index contributed by atoms with van der Waals surface area (Å²) in [7, 11) is 1.88. The van der Waals surface area contributed by atoms with Crippen molar-refractivity contribution >= 4 is 56.0 Å². The number of nitrogens with two attached hydrogens (primary N) is 1. The summed E-state index contributed by atoms with van der Waals surface area (Å²) in [6.07, 6.45) is 0. The molecule has 0 unspecified atom stereocenters. The van der Waals surface area contributed by atoms with Crippen LogP contribution in [0.1, 0.15) is 0 Å². The lowest BCUT2D eigenvalue weighted by Crippen LogP contribution is -2.17. The average Bonchev–Trinajstić information content (AvgIpc) is 2.52. The SMILES string of the molecule is CN(c1cccc(Br)n1)c1nc(NN)nc2cc(Cl)ccc12. The third-order valence-electron chi connectivity index (χ3n) is 3.13. The first kappa shape index (κ1) is 15.0. The third kappa shape index (κ3) is 2.83. The highest BCUT2D eigenvalue weighted by molar-refractivity contribution is 9.10. The van der Waals surface area contributed by atoms with Crippen LogP contribution in [-0.2, 0) is 0 Å². The Bertz CT molecular complexity index is 841. The molecule has 112 valence electrons. The molecule has 0 fully saturated rings. The summed E-state index contributed by atoms with van der Waals surface area (Å²) in [5, 5.41) is 1.45. The zero-order valence-electron chi connectivity index (χ0n) is 11.6. The summed E-state index contributed by atoms with van der Waals surface area (Å²) in [5.41, 5.74) is 3.18. The molecule has 22 heavy (non-hydrogen) atoms. The molecule has 3 rings (SSSR count). The van der Waals surface area contributed by atoms with Crippen LogP contribution in [0.25, 0.3) is 10.9 Å². The van der Waals surface area contributed by atoms with Crippen molar-refractivity contribution in [2.45, 2.75) is 0 Å². The van der Waals surface area contributed by atoms with Gasteiger partial charge in [0.1, 0.15) is 16.2 Å². The number of rotatable bonds is 3. The number of aromatic nitrogens is 3. The predicted molar refractivity (Wildman–Crippen MR) is 92.4 cm³/mol. The van der Waals surface area contributed by atoms with Crippen molar-refractivity contribution in [3.63, 3.8) is 0 Å². The van der Waals surface area contributed by atoms with Crippen molar-refractivity contribution < 1.29 is 0 Å². The fraction of sp³-hybridized carbons (Fsp3) is 0.0714. The number of benzene rings is 1. The first-order valence-corrected chi connectivity index (χ1v) is 7.56. The fourth-order valence-corrected chi connectivity index (χ4v) is 2.60. The lowest BCUT2D eigenvalue weighted by atomic mass is 10.2. The molecule has 0 amide bonds. The number of hydrogen-bond donors (Lipinski definition) is 2. The Kier molecular flexibility index (Phi) is 4.10. The molecule has 0 bridgehead atoms. The standard InChI is InChI=1S/C14H12BrClN6/c1-22(12-4-2-3-11(15)19-12)13-9-6-5-8(16)7-10(9)18-14(20-13)21-17/h2-7H,17H2,1H3,(H,18,20,21). The molecule has 8 heteroatoms. The zero-order chi connectivity index (χ0) is 15.7. The highest BCUT2D eigenvalue weighted by Crippen LogP contribution is 2.30. The Morgan fingerprint density at radius 2 is 2.00 bits per heavy atom. The van der Waals surface area contributed by atoms with Crippen molar-refractivity contribution in [3.05, 3.63) is 46.0 Å². The van der Waals surface area contributed by atoms with E-state index < -0.39 is 0 Å². The smallest absolute Gasteiger partial charge is 0.239 e. The van der Waals surface area contributed by atoms with Gasteiger partial charge in [0, 0.05) is 17.5 Å². The van der Waals surface area contributed by atoms with E-state index in [2.05, 4.69) is 36.3 Å².